The van der Waals surface area contributed by atoms with Gasteiger partial charge in [0.25, 0.3) is 5.69 Å². The zero-order chi connectivity index (χ0) is 31.8. The van der Waals surface area contributed by atoms with Gasteiger partial charge in [-0.25, -0.2) is 9.59 Å². The summed E-state index contributed by atoms with van der Waals surface area (Å²) in [7, 11) is 0. The van der Waals surface area contributed by atoms with Crippen LogP contribution in [0.5, 0.6) is 0 Å². The fourth-order valence-electron chi connectivity index (χ4n) is 5.23. The topological polar surface area (TPSA) is 173 Å². The quantitative estimate of drug-likeness (QED) is 0.129. The van der Waals surface area contributed by atoms with Crippen molar-refractivity contribution in [3.63, 3.8) is 0 Å². The van der Waals surface area contributed by atoms with Crippen molar-refractivity contribution in [2.24, 2.45) is 10.9 Å². The molecule has 2 aromatic carbocycles. The van der Waals surface area contributed by atoms with Gasteiger partial charge in [0, 0.05) is 48.2 Å². The van der Waals surface area contributed by atoms with Crippen molar-refractivity contribution in [2.45, 2.75) is 45.6 Å². The van der Waals surface area contributed by atoms with Gasteiger partial charge in [-0.2, -0.15) is 0 Å². The van der Waals surface area contributed by atoms with E-state index in [2.05, 4.69) is 10.3 Å². The summed E-state index contributed by atoms with van der Waals surface area (Å²) in [5, 5.41) is 14.6. The zero-order valence-corrected chi connectivity index (χ0v) is 24.6. The number of anilines is 1. The van der Waals surface area contributed by atoms with Crippen molar-refractivity contribution in [2.75, 3.05) is 31.7 Å². The van der Waals surface area contributed by atoms with Crippen LogP contribution in [0, 0.1) is 16.0 Å². The molecule has 0 spiro atoms. The van der Waals surface area contributed by atoms with Gasteiger partial charge in [0.2, 0.25) is 5.91 Å². The molecule has 44 heavy (non-hydrogen) atoms. The highest BCUT2D eigenvalue weighted by Crippen LogP contribution is 2.43. The maximum Gasteiger partial charge on any atom is 0.338 e. The molecule has 1 N–H and O–H groups in total. The Hall–Kier alpha value is -4.91. The lowest BCUT2D eigenvalue weighted by Gasteiger charge is -2.31. The van der Waals surface area contributed by atoms with Crippen molar-refractivity contribution in [1.82, 2.24) is 0 Å². The molecule has 2 aliphatic rings. The maximum absolute atomic E-state index is 13.5. The van der Waals surface area contributed by atoms with Crippen LogP contribution in [0.25, 0.3) is 0 Å². The number of rotatable bonds is 11. The van der Waals surface area contributed by atoms with Gasteiger partial charge in [-0.3, -0.25) is 24.7 Å². The zero-order valence-electron chi connectivity index (χ0n) is 24.6. The molecule has 0 aliphatic carbocycles. The summed E-state index contributed by atoms with van der Waals surface area (Å²) in [5.41, 5.74) is 1.17. The number of allylic oxidation sites excluding steroid dienone is 1. The molecule has 0 radical (unpaired) electrons. The summed E-state index contributed by atoms with van der Waals surface area (Å²) in [6.07, 6.45) is 1.33. The molecule has 2 aromatic rings. The van der Waals surface area contributed by atoms with E-state index in [0.29, 0.717) is 18.0 Å². The third-order valence-electron chi connectivity index (χ3n) is 7.20. The van der Waals surface area contributed by atoms with Crippen LogP contribution in [-0.2, 0) is 33.3 Å². The lowest BCUT2D eigenvalue weighted by atomic mass is 9.75. The highest BCUT2D eigenvalue weighted by atomic mass is 16.6. The molecular formula is C31H33N3O10. The van der Waals surface area contributed by atoms with E-state index in [1.807, 2.05) is 0 Å². The molecule has 1 saturated heterocycles. The molecule has 3 atom stereocenters. The third-order valence-corrected chi connectivity index (χ3v) is 7.20. The number of para-hydroxylation sites is 1. The second kappa shape index (κ2) is 14.5. The Bertz CT molecular complexity index is 1490. The highest BCUT2D eigenvalue weighted by molar-refractivity contribution is 6.07. The first-order chi connectivity index (χ1) is 21.1. The van der Waals surface area contributed by atoms with Crippen molar-refractivity contribution >= 4 is 40.9 Å². The summed E-state index contributed by atoms with van der Waals surface area (Å²) < 4.78 is 21.8. The van der Waals surface area contributed by atoms with Gasteiger partial charge in [-0.05, 0) is 51.0 Å². The van der Waals surface area contributed by atoms with E-state index in [9.17, 15) is 29.3 Å². The molecule has 0 saturated carbocycles. The van der Waals surface area contributed by atoms with Crippen LogP contribution in [0.3, 0.4) is 0 Å². The Morgan fingerprint density at radius 1 is 1.00 bits per heavy atom. The summed E-state index contributed by atoms with van der Waals surface area (Å²) >= 11 is 0. The van der Waals surface area contributed by atoms with E-state index in [-0.39, 0.29) is 59.9 Å². The average molecular weight is 608 g/mol. The minimum atomic E-state index is -1.19. The number of aliphatic imine (C=N–C) groups is 1. The SMILES string of the molecule is CC(=O)Nc1ccc(C(=O)OCCOC(=O)C2C(C)=NC(C)=C(C(=O)OC[C@H]3CCCO3)[C@@H]2c2ccccc2[N+](=O)[O-])cc1. The molecular weight excluding hydrogens is 574 g/mol. The number of nitro benzene ring substituents is 1. The predicted octanol–water partition coefficient (Wildman–Crippen LogP) is 4.12. The van der Waals surface area contributed by atoms with Gasteiger partial charge in [0.05, 0.1) is 22.2 Å². The molecule has 13 heteroatoms. The summed E-state index contributed by atoms with van der Waals surface area (Å²) in [5.74, 6) is -4.79. The third kappa shape index (κ3) is 7.72. The number of nitrogens with zero attached hydrogens (tertiary/aromatic N) is 2. The van der Waals surface area contributed by atoms with Crippen molar-refractivity contribution in [3.8, 4) is 0 Å². The lowest BCUT2D eigenvalue weighted by Crippen LogP contribution is -2.37. The number of nitro groups is 1. The van der Waals surface area contributed by atoms with Gasteiger partial charge in [0.15, 0.2) is 0 Å². The summed E-state index contributed by atoms with van der Waals surface area (Å²) in [6.45, 7) is 4.50. The maximum atomic E-state index is 13.5. The van der Waals surface area contributed by atoms with Gasteiger partial charge < -0.3 is 24.3 Å². The van der Waals surface area contributed by atoms with Crippen LogP contribution >= 0.6 is 0 Å². The number of benzene rings is 2. The largest absolute Gasteiger partial charge is 0.462 e. The minimum Gasteiger partial charge on any atom is -0.462 e. The van der Waals surface area contributed by atoms with Gasteiger partial charge in [-0.1, -0.05) is 18.2 Å². The molecule has 1 amide bonds. The van der Waals surface area contributed by atoms with Crippen LogP contribution < -0.4 is 5.32 Å². The van der Waals surface area contributed by atoms with E-state index >= 15 is 0 Å². The van der Waals surface area contributed by atoms with Gasteiger partial charge in [-0.15, -0.1) is 0 Å². The number of carbonyl (C=O) groups excluding carboxylic acids is 4. The second-order valence-electron chi connectivity index (χ2n) is 10.3. The Morgan fingerprint density at radius 3 is 2.36 bits per heavy atom. The Kier molecular flexibility index (Phi) is 10.6. The normalized spacial score (nSPS) is 19.5. The number of carbonyl (C=O) groups is 4. The second-order valence-corrected chi connectivity index (χ2v) is 10.3. The number of esters is 3. The van der Waals surface area contributed by atoms with Crippen molar-refractivity contribution in [1.29, 1.82) is 0 Å². The van der Waals surface area contributed by atoms with Crippen LogP contribution in [-0.4, -0.2) is 67.0 Å². The molecule has 1 fully saturated rings. The van der Waals surface area contributed by atoms with Gasteiger partial charge >= 0.3 is 17.9 Å². The van der Waals surface area contributed by atoms with Crippen molar-refractivity contribution in [3.05, 3.63) is 81.0 Å². The lowest BCUT2D eigenvalue weighted by molar-refractivity contribution is -0.385. The standard InChI is InChI=1S/C31H33N3O10/c1-18-26(30(37)43-16-15-42-29(36)21-10-12-22(13-11-21)33-20(3)35)28(24-8-4-5-9-25(24)34(39)40)27(19(2)32-18)31(38)44-17-23-7-6-14-41-23/h4-5,8-13,23,26,28H,6-7,14-17H2,1-3H3,(H,33,35)/t23-,26?,28-/m1/s1. The first-order valence-electron chi connectivity index (χ1n) is 14.1. The van der Waals surface area contributed by atoms with E-state index in [1.54, 1.807) is 32.0 Å². The summed E-state index contributed by atoms with van der Waals surface area (Å²) in [6, 6.07) is 11.9. The Morgan fingerprint density at radius 2 is 1.70 bits per heavy atom. The number of amides is 1. The number of nitrogens with one attached hydrogen (secondary N) is 1. The number of hydrogen-bond acceptors (Lipinski definition) is 11. The first kappa shape index (κ1) is 32.0. The Labute approximate surface area is 253 Å². The monoisotopic (exact) mass is 607 g/mol. The predicted molar refractivity (Wildman–Crippen MR) is 157 cm³/mol. The number of hydrogen-bond donors (Lipinski definition) is 1. The average Bonchev–Trinajstić information content (AvgIpc) is 3.51. The molecule has 2 heterocycles. The molecule has 0 aromatic heterocycles. The van der Waals surface area contributed by atoms with E-state index in [0.717, 1.165) is 12.8 Å². The Balaban J connectivity index is 1.50. The summed E-state index contributed by atoms with van der Waals surface area (Å²) in [4.78, 5) is 66.4. The van der Waals surface area contributed by atoms with Crippen molar-refractivity contribution < 1.29 is 43.0 Å². The fraction of sp³-hybridized carbons (Fsp3) is 0.387. The van der Waals surface area contributed by atoms with Crippen LogP contribution in [0.15, 0.2) is 64.8 Å². The fourth-order valence-corrected chi connectivity index (χ4v) is 5.23. The van der Waals surface area contributed by atoms with E-state index in [4.69, 9.17) is 18.9 Å². The van der Waals surface area contributed by atoms with Gasteiger partial charge in [0.1, 0.15) is 25.7 Å². The van der Waals surface area contributed by atoms with E-state index < -0.39 is 34.7 Å². The van der Waals surface area contributed by atoms with Crippen LogP contribution in [0.1, 0.15) is 55.5 Å². The highest BCUT2D eigenvalue weighted by Gasteiger charge is 2.45. The number of ether oxygens (including phenoxy) is 4. The molecule has 0 bridgehead atoms. The molecule has 2 aliphatic heterocycles. The molecule has 4 rings (SSSR count). The van der Waals surface area contributed by atoms with Crippen LogP contribution in [0.4, 0.5) is 11.4 Å². The van der Waals surface area contributed by atoms with Crippen LogP contribution in [0.2, 0.25) is 0 Å². The molecule has 232 valence electrons. The van der Waals surface area contributed by atoms with E-state index in [1.165, 1.54) is 37.3 Å². The smallest absolute Gasteiger partial charge is 0.338 e. The minimum absolute atomic E-state index is 0.00163. The first-order valence-corrected chi connectivity index (χ1v) is 14.1. The molecule has 1 unspecified atom stereocenters. The molecule has 13 nitrogen and oxygen atoms in total.